The number of nitrogens with one attached hydrogen (secondary N) is 1. The van der Waals surface area contributed by atoms with Crippen LogP contribution < -0.4 is 5.32 Å². The van der Waals surface area contributed by atoms with Crippen molar-refractivity contribution in [1.29, 1.82) is 0 Å². The summed E-state index contributed by atoms with van der Waals surface area (Å²) in [6.07, 6.45) is 0.0579. The number of nitrogens with zero attached hydrogens (tertiary/aromatic N) is 1. The van der Waals surface area contributed by atoms with Crippen LogP contribution in [0.3, 0.4) is 0 Å². The van der Waals surface area contributed by atoms with Crippen LogP contribution >= 0.6 is 11.3 Å². The quantitative estimate of drug-likeness (QED) is 0.605. The molecule has 6 nitrogen and oxygen atoms in total. The Morgan fingerprint density at radius 2 is 1.90 bits per heavy atom. The van der Waals surface area contributed by atoms with Gasteiger partial charge in [0.05, 0.1) is 12.1 Å². The van der Waals surface area contributed by atoms with Gasteiger partial charge in [-0.3, -0.25) is 4.79 Å². The van der Waals surface area contributed by atoms with E-state index in [9.17, 15) is 9.59 Å². The van der Waals surface area contributed by atoms with E-state index in [1.807, 2.05) is 42.6 Å². The lowest BCUT2D eigenvalue weighted by Crippen LogP contribution is -2.38. The molecule has 0 saturated carbocycles. The number of carbonyl (C=O) groups is 2. The molecule has 0 unspecified atom stereocenters. The van der Waals surface area contributed by atoms with Crippen LogP contribution in [-0.2, 0) is 20.7 Å². The van der Waals surface area contributed by atoms with Crippen LogP contribution in [0.15, 0.2) is 52.3 Å². The summed E-state index contributed by atoms with van der Waals surface area (Å²) in [6.45, 7) is 7.25. The zero-order valence-electron chi connectivity index (χ0n) is 16.9. The lowest BCUT2D eigenvalue weighted by molar-refractivity contribution is -0.158. The molecule has 3 rings (SSSR count). The van der Waals surface area contributed by atoms with Gasteiger partial charge in [-0.25, -0.2) is 9.78 Å². The minimum absolute atomic E-state index is 0.0579. The molecule has 0 bridgehead atoms. The number of hydrogen-bond acceptors (Lipinski definition) is 6. The third-order valence-electron chi connectivity index (χ3n) is 3.93. The van der Waals surface area contributed by atoms with E-state index in [1.54, 1.807) is 32.9 Å². The predicted molar refractivity (Wildman–Crippen MR) is 111 cm³/mol. The fraction of sp³-hybridized carbons (Fsp3) is 0.318. The van der Waals surface area contributed by atoms with Crippen LogP contribution in [0, 0.1) is 6.92 Å². The van der Waals surface area contributed by atoms with Gasteiger partial charge in [-0.2, -0.15) is 0 Å². The van der Waals surface area contributed by atoms with Crippen LogP contribution in [-0.4, -0.2) is 22.5 Å². The normalized spacial score (nSPS) is 12.4. The second-order valence-corrected chi connectivity index (χ2v) is 8.53. The fourth-order valence-corrected chi connectivity index (χ4v) is 3.49. The summed E-state index contributed by atoms with van der Waals surface area (Å²) in [5.74, 6) is 0.673. The Kier molecular flexibility index (Phi) is 6.17. The van der Waals surface area contributed by atoms with Gasteiger partial charge in [0.1, 0.15) is 11.4 Å². The number of ether oxygens (including phenoxy) is 1. The van der Waals surface area contributed by atoms with E-state index < -0.39 is 17.6 Å². The van der Waals surface area contributed by atoms with Crippen molar-refractivity contribution < 1.29 is 18.7 Å². The lowest BCUT2D eigenvalue weighted by Gasteiger charge is -2.24. The molecule has 0 radical (unpaired) electrons. The zero-order valence-corrected chi connectivity index (χ0v) is 17.7. The monoisotopic (exact) mass is 412 g/mol. The van der Waals surface area contributed by atoms with Crippen molar-refractivity contribution in [3.63, 3.8) is 0 Å². The zero-order chi connectivity index (χ0) is 21.0. The molecule has 3 aromatic rings. The minimum Gasteiger partial charge on any atom is -0.459 e. The molecule has 1 atom stereocenters. The number of benzene rings is 1. The average molecular weight is 413 g/mol. The van der Waals surface area contributed by atoms with Gasteiger partial charge >= 0.3 is 5.97 Å². The standard InChI is InChI=1S/C22H24N2O4S/c1-14-10-11-17(27-14)20-23-16(13-29-20)12-18(25)24-19(15-8-6-5-7-9-15)21(26)28-22(2,3)4/h5-11,13,19H,12H2,1-4H3,(H,24,25)/t19-/m1/s1. The number of hydrogen-bond donors (Lipinski definition) is 1. The highest BCUT2D eigenvalue weighted by Crippen LogP contribution is 2.26. The van der Waals surface area contributed by atoms with Crippen molar-refractivity contribution in [1.82, 2.24) is 10.3 Å². The number of rotatable bonds is 6. The number of furan rings is 1. The van der Waals surface area contributed by atoms with Gasteiger partial charge in [0, 0.05) is 5.38 Å². The topological polar surface area (TPSA) is 81.4 Å². The Morgan fingerprint density at radius 3 is 2.52 bits per heavy atom. The van der Waals surface area contributed by atoms with Gasteiger partial charge in [0.25, 0.3) is 0 Å². The number of esters is 1. The summed E-state index contributed by atoms with van der Waals surface area (Å²) >= 11 is 1.41. The van der Waals surface area contributed by atoms with Gasteiger partial charge in [0.2, 0.25) is 5.91 Å². The summed E-state index contributed by atoms with van der Waals surface area (Å²) in [5, 5.41) is 5.32. The molecular formula is C22H24N2O4S. The maximum Gasteiger partial charge on any atom is 0.333 e. The number of amides is 1. The molecule has 0 aliphatic heterocycles. The van der Waals surface area contributed by atoms with Crippen molar-refractivity contribution in [3.8, 4) is 10.8 Å². The Balaban J connectivity index is 1.71. The second kappa shape index (κ2) is 8.61. The molecule has 2 heterocycles. The molecule has 0 aliphatic rings. The Bertz CT molecular complexity index is 986. The SMILES string of the molecule is Cc1ccc(-c2nc(CC(=O)N[C@@H](C(=O)OC(C)(C)C)c3ccccc3)cs2)o1. The molecule has 2 aromatic heterocycles. The number of aromatic nitrogens is 1. The molecule has 1 aromatic carbocycles. The van der Waals surface area contributed by atoms with E-state index in [0.29, 0.717) is 22.0 Å². The van der Waals surface area contributed by atoms with E-state index >= 15 is 0 Å². The Morgan fingerprint density at radius 1 is 1.17 bits per heavy atom. The van der Waals surface area contributed by atoms with Gasteiger partial charge < -0.3 is 14.5 Å². The summed E-state index contributed by atoms with van der Waals surface area (Å²) < 4.78 is 11.1. The molecule has 0 spiro atoms. The number of aryl methyl sites for hydroxylation is 1. The largest absolute Gasteiger partial charge is 0.459 e. The van der Waals surface area contributed by atoms with Crippen molar-refractivity contribution in [3.05, 3.63) is 64.9 Å². The van der Waals surface area contributed by atoms with E-state index in [-0.39, 0.29) is 12.3 Å². The predicted octanol–water partition coefficient (Wildman–Crippen LogP) is 4.45. The van der Waals surface area contributed by atoms with Crippen molar-refractivity contribution in [2.24, 2.45) is 0 Å². The molecule has 1 N–H and O–H groups in total. The van der Waals surface area contributed by atoms with E-state index in [4.69, 9.17) is 9.15 Å². The average Bonchev–Trinajstić information content (AvgIpc) is 3.28. The van der Waals surface area contributed by atoms with Gasteiger partial charge in [0.15, 0.2) is 16.8 Å². The highest BCUT2D eigenvalue weighted by Gasteiger charge is 2.28. The van der Waals surface area contributed by atoms with Crippen molar-refractivity contribution in [2.45, 2.75) is 45.8 Å². The molecule has 152 valence electrons. The molecule has 7 heteroatoms. The highest BCUT2D eigenvalue weighted by molar-refractivity contribution is 7.13. The van der Waals surface area contributed by atoms with Crippen molar-refractivity contribution >= 4 is 23.2 Å². The lowest BCUT2D eigenvalue weighted by atomic mass is 10.1. The fourth-order valence-electron chi connectivity index (χ4n) is 2.71. The first-order valence-electron chi connectivity index (χ1n) is 9.29. The minimum atomic E-state index is -0.881. The Hall–Kier alpha value is -2.93. The van der Waals surface area contributed by atoms with Gasteiger partial charge in [-0.05, 0) is 45.4 Å². The van der Waals surface area contributed by atoms with Gasteiger partial charge in [-0.15, -0.1) is 11.3 Å². The van der Waals surface area contributed by atoms with E-state index in [0.717, 1.165) is 5.76 Å². The van der Waals surface area contributed by atoms with Crippen LogP contribution in [0.25, 0.3) is 10.8 Å². The number of carbonyl (C=O) groups excluding carboxylic acids is 2. The van der Waals surface area contributed by atoms with Gasteiger partial charge in [-0.1, -0.05) is 30.3 Å². The smallest absolute Gasteiger partial charge is 0.333 e. The summed E-state index contributed by atoms with van der Waals surface area (Å²) in [7, 11) is 0. The van der Waals surface area contributed by atoms with Crippen LogP contribution in [0.2, 0.25) is 0 Å². The summed E-state index contributed by atoms with van der Waals surface area (Å²) in [6, 6.07) is 11.9. The summed E-state index contributed by atoms with van der Waals surface area (Å²) in [5.41, 5.74) is 0.632. The summed E-state index contributed by atoms with van der Waals surface area (Å²) in [4.78, 5) is 29.8. The molecule has 0 fully saturated rings. The van der Waals surface area contributed by atoms with E-state index in [2.05, 4.69) is 10.3 Å². The second-order valence-electron chi connectivity index (χ2n) is 7.68. The van der Waals surface area contributed by atoms with Crippen LogP contribution in [0.5, 0.6) is 0 Å². The first-order chi connectivity index (χ1) is 13.7. The van der Waals surface area contributed by atoms with Crippen molar-refractivity contribution in [2.75, 3.05) is 0 Å². The number of thiazole rings is 1. The maximum absolute atomic E-state index is 12.7. The van der Waals surface area contributed by atoms with Crippen LogP contribution in [0.4, 0.5) is 0 Å². The molecular weight excluding hydrogens is 388 g/mol. The molecule has 0 aliphatic carbocycles. The van der Waals surface area contributed by atoms with Crippen LogP contribution in [0.1, 0.15) is 43.8 Å². The molecule has 1 amide bonds. The Labute approximate surface area is 173 Å². The molecule has 29 heavy (non-hydrogen) atoms. The molecule has 0 saturated heterocycles. The first kappa shape index (κ1) is 20.8. The highest BCUT2D eigenvalue weighted by atomic mass is 32.1. The maximum atomic E-state index is 12.7. The third-order valence-corrected chi connectivity index (χ3v) is 4.83. The third kappa shape index (κ3) is 5.77. The first-order valence-corrected chi connectivity index (χ1v) is 10.2. The van der Waals surface area contributed by atoms with E-state index in [1.165, 1.54) is 11.3 Å².